The lowest BCUT2D eigenvalue weighted by molar-refractivity contribution is -0.143. The maximum absolute atomic E-state index is 10.9. The molecule has 0 aromatic heterocycles. The van der Waals surface area contributed by atoms with Gasteiger partial charge in [-0.25, -0.2) is 0 Å². The highest BCUT2D eigenvalue weighted by molar-refractivity contribution is 5.69. The van der Waals surface area contributed by atoms with Crippen LogP contribution in [0.15, 0.2) is 12.7 Å². The average molecular weight is 198 g/mol. The molecule has 82 valence electrons. The van der Waals surface area contributed by atoms with Crippen molar-refractivity contribution in [3.05, 3.63) is 12.7 Å². The summed E-state index contributed by atoms with van der Waals surface area (Å²) in [4.78, 5) is 10.9. The van der Waals surface area contributed by atoms with Gasteiger partial charge < -0.3 is 4.74 Å². The van der Waals surface area contributed by atoms with E-state index in [1.165, 1.54) is 19.3 Å². The Hall–Kier alpha value is -0.790. The highest BCUT2D eigenvalue weighted by Crippen LogP contribution is 2.07. The fourth-order valence-corrected chi connectivity index (χ4v) is 1.32. The van der Waals surface area contributed by atoms with Crippen LogP contribution >= 0.6 is 0 Å². The molecular weight excluding hydrogens is 176 g/mol. The second-order valence-electron chi connectivity index (χ2n) is 3.40. The minimum atomic E-state index is -0.0569. The molecule has 0 aliphatic heterocycles. The van der Waals surface area contributed by atoms with E-state index in [4.69, 9.17) is 4.74 Å². The lowest BCUT2D eigenvalue weighted by Crippen LogP contribution is -2.03. The van der Waals surface area contributed by atoms with E-state index in [1.54, 1.807) is 0 Å². The minimum Gasteiger partial charge on any atom is -0.466 e. The number of carbonyl (C=O) groups excluding carboxylic acids is 1. The highest BCUT2D eigenvalue weighted by Gasteiger charge is 1.99. The van der Waals surface area contributed by atoms with Gasteiger partial charge in [-0.1, -0.05) is 25.3 Å². The SMILES string of the molecule is C=CCCCCCCCC(=O)OCC. The summed E-state index contributed by atoms with van der Waals surface area (Å²) in [6.45, 7) is 6.02. The predicted octanol–water partition coefficient (Wildman–Crippen LogP) is 3.47. The molecule has 14 heavy (non-hydrogen) atoms. The van der Waals surface area contributed by atoms with Crippen LogP contribution in [0.3, 0.4) is 0 Å². The Balaban J connectivity index is 3.05. The molecule has 0 saturated heterocycles. The van der Waals surface area contributed by atoms with Gasteiger partial charge in [-0.05, 0) is 26.2 Å². The Labute approximate surface area is 87.3 Å². The van der Waals surface area contributed by atoms with E-state index in [1.807, 2.05) is 13.0 Å². The van der Waals surface area contributed by atoms with Crippen LogP contribution in [0.5, 0.6) is 0 Å². The van der Waals surface area contributed by atoms with E-state index in [9.17, 15) is 4.79 Å². The van der Waals surface area contributed by atoms with Crippen molar-refractivity contribution in [1.82, 2.24) is 0 Å². The molecule has 0 amide bonds. The largest absolute Gasteiger partial charge is 0.466 e. The zero-order valence-corrected chi connectivity index (χ0v) is 9.26. The van der Waals surface area contributed by atoms with E-state index in [0.29, 0.717) is 13.0 Å². The molecule has 0 heterocycles. The van der Waals surface area contributed by atoms with Gasteiger partial charge in [0.1, 0.15) is 0 Å². The van der Waals surface area contributed by atoms with Crippen molar-refractivity contribution in [3.63, 3.8) is 0 Å². The van der Waals surface area contributed by atoms with E-state index < -0.39 is 0 Å². The van der Waals surface area contributed by atoms with Crippen molar-refractivity contribution in [2.75, 3.05) is 6.61 Å². The van der Waals surface area contributed by atoms with Crippen LogP contribution in [-0.2, 0) is 9.53 Å². The molecule has 0 N–H and O–H groups in total. The summed E-state index contributed by atoms with van der Waals surface area (Å²) in [6.07, 6.45) is 9.43. The Morgan fingerprint density at radius 2 is 1.86 bits per heavy atom. The third-order valence-corrected chi connectivity index (χ3v) is 2.09. The van der Waals surface area contributed by atoms with Crippen molar-refractivity contribution < 1.29 is 9.53 Å². The fraction of sp³-hybridized carbons (Fsp3) is 0.750. The van der Waals surface area contributed by atoms with Crippen LogP contribution in [0.2, 0.25) is 0 Å². The average Bonchev–Trinajstić information content (AvgIpc) is 2.17. The number of hydrogen-bond donors (Lipinski definition) is 0. The van der Waals surface area contributed by atoms with Gasteiger partial charge in [-0.2, -0.15) is 0 Å². The molecule has 0 aromatic carbocycles. The van der Waals surface area contributed by atoms with Gasteiger partial charge in [-0.15, -0.1) is 6.58 Å². The number of rotatable bonds is 9. The normalized spacial score (nSPS) is 9.79. The van der Waals surface area contributed by atoms with Crippen molar-refractivity contribution in [2.24, 2.45) is 0 Å². The lowest BCUT2D eigenvalue weighted by Gasteiger charge is -2.01. The zero-order chi connectivity index (χ0) is 10.6. The molecule has 0 atom stereocenters. The Bertz CT molecular complexity index is 152. The Kier molecular flexibility index (Phi) is 9.71. The number of unbranched alkanes of at least 4 members (excludes halogenated alkanes) is 5. The molecule has 0 saturated carbocycles. The van der Waals surface area contributed by atoms with Crippen LogP contribution in [0.1, 0.15) is 51.9 Å². The molecule has 0 rings (SSSR count). The van der Waals surface area contributed by atoms with E-state index in [0.717, 1.165) is 19.3 Å². The van der Waals surface area contributed by atoms with Crippen molar-refractivity contribution >= 4 is 5.97 Å². The standard InChI is InChI=1S/C12H22O2/c1-3-5-6-7-8-9-10-11-12(13)14-4-2/h3H,1,4-11H2,2H3. The van der Waals surface area contributed by atoms with Gasteiger partial charge in [0.15, 0.2) is 0 Å². The summed E-state index contributed by atoms with van der Waals surface area (Å²) < 4.78 is 4.83. The first-order chi connectivity index (χ1) is 6.81. The molecule has 2 nitrogen and oxygen atoms in total. The summed E-state index contributed by atoms with van der Waals surface area (Å²) in [7, 11) is 0. The molecular formula is C12H22O2. The smallest absolute Gasteiger partial charge is 0.305 e. The monoisotopic (exact) mass is 198 g/mol. The molecule has 0 unspecified atom stereocenters. The van der Waals surface area contributed by atoms with Crippen molar-refractivity contribution in [1.29, 1.82) is 0 Å². The van der Waals surface area contributed by atoms with Crippen molar-refractivity contribution in [3.8, 4) is 0 Å². The summed E-state index contributed by atoms with van der Waals surface area (Å²) in [5.74, 6) is -0.0569. The van der Waals surface area contributed by atoms with E-state index >= 15 is 0 Å². The first-order valence-corrected chi connectivity index (χ1v) is 5.57. The highest BCUT2D eigenvalue weighted by atomic mass is 16.5. The van der Waals surface area contributed by atoms with Gasteiger partial charge in [0.25, 0.3) is 0 Å². The van der Waals surface area contributed by atoms with Crippen LogP contribution < -0.4 is 0 Å². The molecule has 0 spiro atoms. The third-order valence-electron chi connectivity index (χ3n) is 2.09. The summed E-state index contributed by atoms with van der Waals surface area (Å²) >= 11 is 0. The molecule has 0 aromatic rings. The van der Waals surface area contributed by atoms with Crippen LogP contribution in [0.25, 0.3) is 0 Å². The van der Waals surface area contributed by atoms with Gasteiger partial charge in [0.2, 0.25) is 0 Å². The summed E-state index contributed by atoms with van der Waals surface area (Å²) in [6, 6.07) is 0. The first-order valence-electron chi connectivity index (χ1n) is 5.57. The second kappa shape index (κ2) is 10.3. The summed E-state index contributed by atoms with van der Waals surface area (Å²) in [5.41, 5.74) is 0. The molecule has 0 radical (unpaired) electrons. The predicted molar refractivity (Wildman–Crippen MR) is 59.1 cm³/mol. The molecule has 0 fully saturated rings. The number of allylic oxidation sites excluding steroid dienone is 1. The summed E-state index contributed by atoms with van der Waals surface area (Å²) in [5, 5.41) is 0. The fourth-order valence-electron chi connectivity index (χ4n) is 1.32. The van der Waals surface area contributed by atoms with E-state index in [-0.39, 0.29) is 5.97 Å². The first kappa shape index (κ1) is 13.2. The Morgan fingerprint density at radius 3 is 2.50 bits per heavy atom. The van der Waals surface area contributed by atoms with Crippen molar-refractivity contribution in [2.45, 2.75) is 51.9 Å². The van der Waals surface area contributed by atoms with Gasteiger partial charge in [0.05, 0.1) is 6.61 Å². The maximum atomic E-state index is 10.9. The zero-order valence-electron chi connectivity index (χ0n) is 9.26. The second-order valence-corrected chi connectivity index (χ2v) is 3.40. The van der Waals surface area contributed by atoms with Gasteiger partial charge in [-0.3, -0.25) is 4.79 Å². The topological polar surface area (TPSA) is 26.3 Å². The van der Waals surface area contributed by atoms with Crippen LogP contribution in [0.4, 0.5) is 0 Å². The van der Waals surface area contributed by atoms with Crippen LogP contribution in [-0.4, -0.2) is 12.6 Å². The number of ether oxygens (including phenoxy) is 1. The molecule has 2 heteroatoms. The van der Waals surface area contributed by atoms with Gasteiger partial charge in [0, 0.05) is 6.42 Å². The Morgan fingerprint density at radius 1 is 1.21 bits per heavy atom. The number of carbonyl (C=O) groups is 1. The van der Waals surface area contributed by atoms with Crippen LogP contribution in [0, 0.1) is 0 Å². The maximum Gasteiger partial charge on any atom is 0.305 e. The quantitative estimate of drug-likeness (QED) is 0.322. The molecule has 0 aliphatic rings. The van der Waals surface area contributed by atoms with Gasteiger partial charge >= 0.3 is 5.97 Å². The number of esters is 1. The number of hydrogen-bond acceptors (Lipinski definition) is 2. The molecule has 0 bridgehead atoms. The molecule has 0 aliphatic carbocycles. The van der Waals surface area contributed by atoms with E-state index in [2.05, 4.69) is 6.58 Å². The third kappa shape index (κ3) is 9.30. The lowest BCUT2D eigenvalue weighted by atomic mass is 10.1. The minimum absolute atomic E-state index is 0.0569.